The first-order valence-corrected chi connectivity index (χ1v) is 6.82. The van der Waals surface area contributed by atoms with Crippen molar-refractivity contribution in [2.75, 3.05) is 0 Å². The summed E-state index contributed by atoms with van der Waals surface area (Å²) in [5.74, 6) is 1.11. The molecule has 1 N–H and O–H groups in total. The molecule has 2 atom stereocenters. The van der Waals surface area contributed by atoms with Gasteiger partial charge in [-0.05, 0) is 52.7 Å². The molecule has 2 fully saturated rings. The van der Waals surface area contributed by atoms with Gasteiger partial charge in [0.2, 0.25) is 0 Å². The summed E-state index contributed by atoms with van der Waals surface area (Å²) in [5.41, 5.74) is -0.451. The number of rotatable bonds is 1. The Hall–Kier alpha value is 0.140. The molecule has 1 nitrogen and oxygen atoms in total. The molecule has 1 aromatic rings. The zero-order valence-corrected chi connectivity index (χ0v) is 10.3. The van der Waals surface area contributed by atoms with Crippen molar-refractivity contribution >= 4 is 27.3 Å². The molecule has 2 saturated carbocycles. The molecule has 14 heavy (non-hydrogen) atoms. The molecule has 0 bridgehead atoms. The number of hydrogen-bond donors (Lipinski definition) is 1. The number of aliphatic hydroxyl groups is 1. The van der Waals surface area contributed by atoms with Gasteiger partial charge in [-0.2, -0.15) is 0 Å². The highest BCUT2D eigenvalue weighted by Crippen LogP contribution is 2.65. The minimum absolute atomic E-state index is 0.451. The van der Waals surface area contributed by atoms with Crippen molar-refractivity contribution in [1.29, 1.82) is 0 Å². The molecular weight excluding hydrogens is 260 g/mol. The third-order valence-corrected chi connectivity index (χ3v) is 5.52. The first-order chi connectivity index (χ1) is 6.73. The lowest BCUT2D eigenvalue weighted by molar-refractivity contribution is 0.122. The van der Waals surface area contributed by atoms with Gasteiger partial charge in [0.05, 0.1) is 3.79 Å². The van der Waals surface area contributed by atoms with Crippen molar-refractivity contribution in [2.45, 2.75) is 31.3 Å². The third kappa shape index (κ3) is 1.15. The SMILES string of the molecule is OC1(c2ccc(Br)s2)C2CCCCC21. The molecule has 0 spiro atoms. The Labute approximate surface area is 96.3 Å². The molecule has 1 aromatic heterocycles. The number of thiophene rings is 1. The van der Waals surface area contributed by atoms with E-state index in [0.717, 1.165) is 3.79 Å². The minimum Gasteiger partial charge on any atom is -0.384 e. The van der Waals surface area contributed by atoms with Gasteiger partial charge in [-0.1, -0.05) is 12.8 Å². The molecule has 0 radical (unpaired) electrons. The van der Waals surface area contributed by atoms with E-state index >= 15 is 0 Å². The van der Waals surface area contributed by atoms with Crippen LogP contribution in [0.3, 0.4) is 0 Å². The second-order valence-corrected chi connectivity index (χ2v) is 6.89. The maximum atomic E-state index is 10.6. The number of hydrogen-bond acceptors (Lipinski definition) is 2. The maximum absolute atomic E-state index is 10.6. The summed E-state index contributed by atoms with van der Waals surface area (Å²) in [5, 5.41) is 10.6. The van der Waals surface area contributed by atoms with Crippen LogP contribution in [-0.2, 0) is 5.60 Å². The van der Waals surface area contributed by atoms with Crippen LogP contribution in [0.1, 0.15) is 30.6 Å². The second kappa shape index (κ2) is 3.06. The van der Waals surface area contributed by atoms with Gasteiger partial charge < -0.3 is 5.11 Å². The van der Waals surface area contributed by atoms with Crippen LogP contribution in [0.5, 0.6) is 0 Å². The zero-order chi connectivity index (χ0) is 9.76. The lowest BCUT2D eigenvalue weighted by atomic mass is 10.0. The fourth-order valence-corrected chi connectivity index (χ4v) is 4.59. The molecule has 0 saturated heterocycles. The van der Waals surface area contributed by atoms with Crippen LogP contribution in [0.4, 0.5) is 0 Å². The lowest BCUT2D eigenvalue weighted by Gasteiger charge is -2.06. The molecule has 0 aromatic carbocycles. The predicted octanol–water partition coefficient (Wildman–Crippen LogP) is 3.52. The van der Waals surface area contributed by atoms with Gasteiger partial charge in [-0.15, -0.1) is 11.3 Å². The van der Waals surface area contributed by atoms with E-state index in [1.165, 1.54) is 30.6 Å². The highest BCUT2D eigenvalue weighted by Gasteiger charge is 2.65. The summed E-state index contributed by atoms with van der Waals surface area (Å²) in [6.07, 6.45) is 5.04. The molecule has 2 aliphatic rings. The zero-order valence-electron chi connectivity index (χ0n) is 7.87. The van der Waals surface area contributed by atoms with Crippen LogP contribution in [0.25, 0.3) is 0 Å². The van der Waals surface area contributed by atoms with Crippen molar-refractivity contribution in [2.24, 2.45) is 11.8 Å². The molecule has 76 valence electrons. The summed E-state index contributed by atoms with van der Waals surface area (Å²) in [4.78, 5) is 1.17. The van der Waals surface area contributed by atoms with Crippen LogP contribution >= 0.6 is 27.3 Å². The lowest BCUT2D eigenvalue weighted by Crippen LogP contribution is -2.07. The minimum atomic E-state index is -0.451. The Bertz CT molecular complexity index is 348. The molecule has 0 aliphatic heterocycles. The topological polar surface area (TPSA) is 20.2 Å². The Kier molecular flexibility index (Phi) is 2.05. The predicted molar refractivity (Wildman–Crippen MR) is 61.4 cm³/mol. The molecule has 3 rings (SSSR count). The largest absolute Gasteiger partial charge is 0.384 e. The monoisotopic (exact) mass is 272 g/mol. The van der Waals surface area contributed by atoms with Crippen molar-refractivity contribution in [3.8, 4) is 0 Å². The summed E-state index contributed by atoms with van der Waals surface area (Å²) >= 11 is 5.15. The molecule has 3 heteroatoms. The third-order valence-electron chi connectivity index (χ3n) is 3.76. The summed E-state index contributed by atoms with van der Waals surface area (Å²) in [6, 6.07) is 4.12. The van der Waals surface area contributed by atoms with E-state index in [9.17, 15) is 5.11 Å². The van der Waals surface area contributed by atoms with E-state index in [2.05, 4.69) is 22.0 Å². The first-order valence-electron chi connectivity index (χ1n) is 5.21. The van der Waals surface area contributed by atoms with Crippen LogP contribution in [0, 0.1) is 11.8 Å². The fraction of sp³-hybridized carbons (Fsp3) is 0.636. The van der Waals surface area contributed by atoms with Gasteiger partial charge in [0.15, 0.2) is 0 Å². The standard InChI is InChI=1S/C11H13BrOS/c12-10-6-5-9(14-10)11(13)7-3-1-2-4-8(7)11/h5-8,13H,1-4H2. The highest BCUT2D eigenvalue weighted by molar-refractivity contribution is 9.11. The Morgan fingerprint density at radius 2 is 1.93 bits per heavy atom. The summed E-state index contributed by atoms with van der Waals surface area (Å²) < 4.78 is 1.13. The molecule has 2 unspecified atom stereocenters. The van der Waals surface area contributed by atoms with Crippen LogP contribution < -0.4 is 0 Å². The van der Waals surface area contributed by atoms with Gasteiger partial charge in [0, 0.05) is 4.88 Å². The van der Waals surface area contributed by atoms with E-state index in [1.54, 1.807) is 11.3 Å². The Morgan fingerprint density at radius 3 is 2.43 bits per heavy atom. The van der Waals surface area contributed by atoms with E-state index < -0.39 is 5.60 Å². The van der Waals surface area contributed by atoms with Crippen molar-refractivity contribution in [3.63, 3.8) is 0 Å². The molecule has 1 heterocycles. The number of halogens is 1. The van der Waals surface area contributed by atoms with Crippen LogP contribution in [0.15, 0.2) is 15.9 Å². The van der Waals surface area contributed by atoms with E-state index in [-0.39, 0.29) is 0 Å². The van der Waals surface area contributed by atoms with Gasteiger partial charge in [-0.3, -0.25) is 0 Å². The Morgan fingerprint density at radius 1 is 1.29 bits per heavy atom. The highest BCUT2D eigenvalue weighted by atomic mass is 79.9. The van der Waals surface area contributed by atoms with E-state index in [1.807, 2.05) is 6.07 Å². The summed E-state index contributed by atoms with van der Waals surface area (Å²) in [7, 11) is 0. The van der Waals surface area contributed by atoms with Crippen LogP contribution in [-0.4, -0.2) is 5.11 Å². The van der Waals surface area contributed by atoms with Gasteiger partial charge in [0.1, 0.15) is 5.60 Å². The Balaban J connectivity index is 1.92. The normalized spacial score (nSPS) is 40.7. The van der Waals surface area contributed by atoms with Crippen molar-refractivity contribution in [1.82, 2.24) is 0 Å². The second-order valence-electron chi connectivity index (χ2n) is 4.43. The molecule has 0 amide bonds. The molecular formula is C11H13BrOS. The average molecular weight is 273 g/mol. The quantitative estimate of drug-likeness (QED) is 0.830. The smallest absolute Gasteiger partial charge is 0.105 e. The van der Waals surface area contributed by atoms with Gasteiger partial charge >= 0.3 is 0 Å². The number of fused-ring (bicyclic) bond motifs is 1. The fourth-order valence-electron chi connectivity index (χ4n) is 2.99. The van der Waals surface area contributed by atoms with Gasteiger partial charge in [-0.25, -0.2) is 0 Å². The van der Waals surface area contributed by atoms with Crippen molar-refractivity contribution in [3.05, 3.63) is 20.8 Å². The molecule has 2 aliphatic carbocycles. The summed E-state index contributed by atoms with van der Waals surface area (Å²) in [6.45, 7) is 0. The van der Waals surface area contributed by atoms with Gasteiger partial charge in [0.25, 0.3) is 0 Å². The van der Waals surface area contributed by atoms with E-state index in [4.69, 9.17) is 0 Å². The van der Waals surface area contributed by atoms with Crippen molar-refractivity contribution < 1.29 is 5.11 Å². The van der Waals surface area contributed by atoms with E-state index in [0.29, 0.717) is 11.8 Å². The van der Waals surface area contributed by atoms with Crippen LogP contribution in [0.2, 0.25) is 0 Å². The maximum Gasteiger partial charge on any atom is 0.105 e. The average Bonchev–Trinajstić information content (AvgIpc) is 2.57. The first kappa shape index (κ1) is 9.37.